The van der Waals surface area contributed by atoms with Crippen molar-refractivity contribution >= 4 is 11.9 Å². The number of benzene rings is 1. The second-order valence-electron chi connectivity index (χ2n) is 3.89. The molecule has 0 saturated carbocycles. The van der Waals surface area contributed by atoms with Crippen molar-refractivity contribution in [3.05, 3.63) is 35.1 Å². The van der Waals surface area contributed by atoms with Gasteiger partial charge in [-0.05, 0) is 17.7 Å². The highest BCUT2D eigenvalue weighted by Crippen LogP contribution is 2.23. The molecule has 0 spiro atoms. The monoisotopic (exact) mass is 283 g/mol. The molecule has 0 aromatic heterocycles. The van der Waals surface area contributed by atoms with Crippen LogP contribution in [0.1, 0.15) is 11.1 Å². The lowest BCUT2D eigenvalue weighted by Gasteiger charge is -2.19. The Bertz CT molecular complexity index is 564. The maximum Gasteiger partial charge on any atom is 0.355 e. The molecule has 0 fully saturated rings. The average molecular weight is 283 g/mol. The van der Waals surface area contributed by atoms with Gasteiger partial charge in [-0.3, -0.25) is 0 Å². The zero-order valence-corrected chi connectivity index (χ0v) is 10.8. The molecule has 0 amide bonds. The molecule has 7 heteroatoms. The molecule has 1 rings (SSSR count). The van der Waals surface area contributed by atoms with E-state index in [1.165, 1.54) is 6.07 Å². The molecule has 0 aliphatic carbocycles. The van der Waals surface area contributed by atoms with Gasteiger partial charge in [0.1, 0.15) is 11.9 Å². The van der Waals surface area contributed by atoms with E-state index in [4.69, 9.17) is 5.26 Å². The first-order chi connectivity index (χ1) is 9.38. The maximum absolute atomic E-state index is 14.4. The Balaban J connectivity index is 3.14. The summed E-state index contributed by atoms with van der Waals surface area (Å²) in [5.41, 5.74) is -3.28. The van der Waals surface area contributed by atoms with Crippen molar-refractivity contribution in [3.8, 4) is 6.07 Å². The van der Waals surface area contributed by atoms with Crippen molar-refractivity contribution in [2.45, 2.75) is 12.1 Å². The number of halogens is 2. The van der Waals surface area contributed by atoms with Gasteiger partial charge in [0, 0.05) is 6.42 Å². The van der Waals surface area contributed by atoms with E-state index < -0.39 is 29.8 Å². The molecular formula is C13H11F2NO4. The van der Waals surface area contributed by atoms with E-state index in [2.05, 4.69) is 9.47 Å². The summed E-state index contributed by atoms with van der Waals surface area (Å²) >= 11 is 0. The van der Waals surface area contributed by atoms with Crippen molar-refractivity contribution in [2.75, 3.05) is 14.2 Å². The summed E-state index contributed by atoms with van der Waals surface area (Å²) < 4.78 is 36.3. The number of carbonyl (C=O) groups excluding carboxylic acids is 2. The number of esters is 2. The third-order valence-corrected chi connectivity index (χ3v) is 2.62. The molecule has 1 aromatic rings. The topological polar surface area (TPSA) is 76.4 Å². The van der Waals surface area contributed by atoms with Gasteiger partial charge in [-0.15, -0.1) is 0 Å². The molecule has 0 unspecified atom stereocenters. The number of nitriles is 1. The molecular weight excluding hydrogens is 272 g/mol. The number of alkyl halides is 1. The van der Waals surface area contributed by atoms with Crippen LogP contribution in [0.5, 0.6) is 0 Å². The number of methoxy groups -OCH3 is 2. The first-order valence-electron chi connectivity index (χ1n) is 5.43. The zero-order valence-electron chi connectivity index (χ0n) is 10.8. The Hall–Kier alpha value is -2.49. The third kappa shape index (κ3) is 2.91. The van der Waals surface area contributed by atoms with E-state index in [1.54, 1.807) is 6.07 Å². The van der Waals surface area contributed by atoms with Gasteiger partial charge in [0.2, 0.25) is 0 Å². The first-order valence-corrected chi connectivity index (χ1v) is 5.43. The van der Waals surface area contributed by atoms with E-state index in [9.17, 15) is 18.4 Å². The van der Waals surface area contributed by atoms with E-state index in [0.29, 0.717) is 0 Å². The van der Waals surface area contributed by atoms with Crippen LogP contribution in [0.15, 0.2) is 18.2 Å². The molecule has 0 aliphatic heterocycles. The van der Waals surface area contributed by atoms with Crippen LogP contribution < -0.4 is 0 Å². The Morgan fingerprint density at radius 3 is 2.25 bits per heavy atom. The van der Waals surface area contributed by atoms with Crippen molar-refractivity contribution in [1.82, 2.24) is 0 Å². The van der Waals surface area contributed by atoms with Gasteiger partial charge >= 0.3 is 17.6 Å². The fourth-order valence-corrected chi connectivity index (χ4v) is 1.59. The first kappa shape index (κ1) is 15.6. The molecule has 0 aliphatic rings. The Labute approximate surface area is 113 Å². The summed E-state index contributed by atoms with van der Waals surface area (Å²) in [5, 5.41) is 8.58. The summed E-state index contributed by atoms with van der Waals surface area (Å²) in [4.78, 5) is 22.8. The standard InChI is InChI=1S/C13H11F2NO4/c1-19-11(17)13(15,12(18)20-2)6-8-3-4-9(7-16)10(14)5-8/h3-5H,6H2,1-2H3. The normalized spacial score (nSPS) is 10.6. The van der Waals surface area contributed by atoms with E-state index in [0.717, 1.165) is 26.4 Å². The van der Waals surface area contributed by atoms with Crippen molar-refractivity contribution in [3.63, 3.8) is 0 Å². The Morgan fingerprint density at radius 2 is 1.85 bits per heavy atom. The van der Waals surface area contributed by atoms with Crippen LogP contribution in [-0.2, 0) is 25.5 Å². The summed E-state index contributed by atoms with van der Waals surface area (Å²) in [6, 6.07) is 4.84. The predicted octanol–water partition coefficient (Wildman–Crippen LogP) is 1.29. The van der Waals surface area contributed by atoms with Gasteiger partial charge < -0.3 is 9.47 Å². The van der Waals surface area contributed by atoms with Gasteiger partial charge in [0.25, 0.3) is 0 Å². The lowest BCUT2D eigenvalue weighted by atomic mass is 9.95. The number of rotatable bonds is 4. The second kappa shape index (κ2) is 6.10. The number of hydrogen-bond acceptors (Lipinski definition) is 5. The SMILES string of the molecule is COC(=O)C(F)(Cc1ccc(C#N)c(F)c1)C(=O)OC. The summed E-state index contributed by atoms with van der Waals surface area (Å²) in [6.45, 7) is 0. The quantitative estimate of drug-likeness (QED) is 0.615. The molecule has 0 bridgehead atoms. The van der Waals surface area contributed by atoms with Crippen LogP contribution >= 0.6 is 0 Å². The van der Waals surface area contributed by atoms with Crippen molar-refractivity contribution in [2.24, 2.45) is 0 Å². The molecule has 106 valence electrons. The lowest BCUT2D eigenvalue weighted by molar-refractivity contribution is -0.171. The molecule has 1 aromatic carbocycles. The van der Waals surface area contributed by atoms with Gasteiger partial charge in [0.15, 0.2) is 0 Å². The van der Waals surface area contributed by atoms with E-state index >= 15 is 0 Å². The Kier molecular flexibility index (Phi) is 4.75. The zero-order chi connectivity index (χ0) is 15.3. The molecule has 0 radical (unpaired) electrons. The highest BCUT2D eigenvalue weighted by Gasteiger charge is 2.49. The minimum atomic E-state index is -3.07. The smallest absolute Gasteiger partial charge is 0.355 e. The summed E-state index contributed by atoms with van der Waals surface area (Å²) in [6.07, 6.45) is -0.755. The van der Waals surface area contributed by atoms with Crippen molar-refractivity contribution in [1.29, 1.82) is 5.26 Å². The molecule has 0 N–H and O–H groups in total. The maximum atomic E-state index is 14.4. The highest BCUT2D eigenvalue weighted by atomic mass is 19.1. The molecule has 5 nitrogen and oxygen atoms in total. The minimum absolute atomic E-state index is 0.0137. The van der Waals surface area contributed by atoms with Crippen LogP contribution in [0.3, 0.4) is 0 Å². The predicted molar refractivity (Wildman–Crippen MR) is 62.7 cm³/mol. The molecule has 0 atom stereocenters. The van der Waals surface area contributed by atoms with Crippen molar-refractivity contribution < 1.29 is 27.8 Å². The Morgan fingerprint density at radius 1 is 1.30 bits per heavy atom. The van der Waals surface area contributed by atoms with Gasteiger partial charge in [-0.1, -0.05) is 6.07 Å². The summed E-state index contributed by atoms with van der Waals surface area (Å²) in [7, 11) is 1.83. The summed E-state index contributed by atoms with van der Waals surface area (Å²) in [5.74, 6) is -3.75. The second-order valence-corrected chi connectivity index (χ2v) is 3.89. The van der Waals surface area contributed by atoms with Gasteiger partial charge in [-0.2, -0.15) is 5.26 Å². The minimum Gasteiger partial charge on any atom is -0.466 e. The largest absolute Gasteiger partial charge is 0.466 e. The van der Waals surface area contributed by atoms with Crippen LogP contribution in [0.25, 0.3) is 0 Å². The van der Waals surface area contributed by atoms with E-state index in [-0.39, 0.29) is 11.1 Å². The van der Waals surface area contributed by atoms with Crippen LogP contribution in [0, 0.1) is 17.1 Å². The van der Waals surface area contributed by atoms with Gasteiger partial charge in [-0.25, -0.2) is 18.4 Å². The number of nitrogens with zero attached hydrogens (tertiary/aromatic N) is 1. The fraction of sp³-hybridized carbons (Fsp3) is 0.308. The average Bonchev–Trinajstić information content (AvgIpc) is 2.45. The lowest BCUT2D eigenvalue weighted by Crippen LogP contribution is -2.46. The number of carbonyl (C=O) groups is 2. The third-order valence-electron chi connectivity index (χ3n) is 2.62. The van der Waals surface area contributed by atoms with Crippen LogP contribution in [-0.4, -0.2) is 31.8 Å². The highest BCUT2D eigenvalue weighted by molar-refractivity contribution is 6.03. The van der Waals surface area contributed by atoms with Crippen LogP contribution in [0.2, 0.25) is 0 Å². The number of hydrogen-bond donors (Lipinski definition) is 0. The van der Waals surface area contributed by atoms with Crippen LogP contribution in [0.4, 0.5) is 8.78 Å². The van der Waals surface area contributed by atoms with E-state index in [1.807, 2.05) is 0 Å². The van der Waals surface area contributed by atoms with Gasteiger partial charge in [0.05, 0.1) is 19.8 Å². The number of ether oxygens (including phenoxy) is 2. The fourth-order valence-electron chi connectivity index (χ4n) is 1.59. The molecule has 0 heterocycles. The molecule has 20 heavy (non-hydrogen) atoms. The molecule has 0 saturated heterocycles.